The molecule has 0 radical (unpaired) electrons. The van der Waals surface area contributed by atoms with Gasteiger partial charge in [-0.1, -0.05) is 18.2 Å². The zero-order chi connectivity index (χ0) is 18.2. The highest BCUT2D eigenvalue weighted by Gasteiger charge is 2.36. The van der Waals surface area contributed by atoms with Crippen molar-refractivity contribution in [3.63, 3.8) is 0 Å². The number of aromatic nitrogens is 5. The minimum absolute atomic E-state index is 0.276. The third-order valence-electron chi connectivity index (χ3n) is 4.65. The molecule has 8 heteroatoms. The van der Waals surface area contributed by atoms with Crippen LogP contribution in [0, 0.1) is 0 Å². The molecular formula is C19H18N6OS. The van der Waals surface area contributed by atoms with Crippen molar-refractivity contribution < 1.29 is 4.79 Å². The van der Waals surface area contributed by atoms with Crippen LogP contribution in [-0.2, 0) is 0 Å². The van der Waals surface area contributed by atoms with Crippen LogP contribution in [0.25, 0.3) is 0 Å². The number of hydrogen-bond acceptors (Lipinski definition) is 6. The topological polar surface area (TPSA) is 85.6 Å². The van der Waals surface area contributed by atoms with E-state index in [1.165, 1.54) is 37.4 Å². The maximum Gasteiger partial charge on any atom is 0.276 e. The van der Waals surface area contributed by atoms with Gasteiger partial charge >= 0.3 is 0 Å². The molecule has 5 rings (SSSR count). The molecule has 1 amide bonds. The fourth-order valence-electron chi connectivity index (χ4n) is 2.96. The number of anilines is 1. The lowest BCUT2D eigenvalue weighted by molar-refractivity contribution is 0.102. The molecule has 2 aliphatic rings. The van der Waals surface area contributed by atoms with E-state index in [2.05, 4.69) is 30.3 Å². The van der Waals surface area contributed by atoms with Gasteiger partial charge in [-0.15, -0.1) is 20.4 Å². The van der Waals surface area contributed by atoms with Gasteiger partial charge in [0.25, 0.3) is 5.91 Å². The molecule has 1 aromatic carbocycles. The summed E-state index contributed by atoms with van der Waals surface area (Å²) < 4.78 is 2.28. The van der Waals surface area contributed by atoms with Gasteiger partial charge in [-0.2, -0.15) is 0 Å². The number of carbonyl (C=O) groups is 1. The van der Waals surface area contributed by atoms with E-state index in [-0.39, 0.29) is 11.6 Å². The molecule has 136 valence electrons. The van der Waals surface area contributed by atoms with Crippen LogP contribution in [0.4, 0.5) is 5.69 Å². The number of hydrogen-bond donors (Lipinski definition) is 1. The molecule has 0 bridgehead atoms. The molecule has 7 nitrogen and oxygen atoms in total. The molecule has 0 atom stereocenters. The number of nitrogens with zero attached hydrogens (tertiary/aromatic N) is 5. The minimum Gasteiger partial charge on any atom is -0.321 e. The second-order valence-corrected chi connectivity index (χ2v) is 7.88. The molecule has 2 heterocycles. The lowest BCUT2D eigenvalue weighted by Crippen LogP contribution is -2.14. The van der Waals surface area contributed by atoms with Crippen molar-refractivity contribution in [2.75, 3.05) is 5.32 Å². The van der Waals surface area contributed by atoms with Crippen molar-refractivity contribution in [3.8, 4) is 0 Å². The summed E-state index contributed by atoms with van der Waals surface area (Å²) >= 11 is 1.46. The standard InChI is InChI=1S/C19H18N6OS/c26-18(20-13-4-2-1-3-5-13)15-10-11-16(22-21-15)27-19-24-23-17(12-6-7-12)25(19)14-8-9-14/h1-5,10-12,14H,6-9H2,(H,20,26). The van der Waals surface area contributed by atoms with Gasteiger partial charge in [0.2, 0.25) is 0 Å². The first kappa shape index (κ1) is 16.4. The Morgan fingerprint density at radius 2 is 1.78 bits per heavy atom. The summed E-state index contributed by atoms with van der Waals surface area (Å²) in [5, 5.41) is 21.4. The Kier molecular flexibility index (Phi) is 4.12. The van der Waals surface area contributed by atoms with Gasteiger partial charge in [-0.25, -0.2) is 0 Å². The van der Waals surface area contributed by atoms with Crippen molar-refractivity contribution in [2.24, 2.45) is 0 Å². The Morgan fingerprint density at radius 3 is 2.44 bits per heavy atom. The minimum atomic E-state index is -0.276. The van der Waals surface area contributed by atoms with Gasteiger partial charge in [0, 0.05) is 17.6 Å². The molecule has 27 heavy (non-hydrogen) atoms. The number of amides is 1. The van der Waals surface area contributed by atoms with Crippen LogP contribution in [0.1, 0.15) is 54.0 Å². The first-order valence-corrected chi connectivity index (χ1v) is 9.92. The molecule has 0 aliphatic heterocycles. The van der Waals surface area contributed by atoms with Crippen LogP contribution in [0.3, 0.4) is 0 Å². The van der Waals surface area contributed by atoms with E-state index in [1.54, 1.807) is 12.1 Å². The summed E-state index contributed by atoms with van der Waals surface area (Å²) in [4.78, 5) is 12.3. The number of para-hydroxylation sites is 1. The average Bonchev–Trinajstić information content (AvgIpc) is 3.62. The molecule has 1 N–H and O–H groups in total. The second-order valence-electron chi connectivity index (χ2n) is 6.90. The fourth-order valence-corrected chi connectivity index (χ4v) is 3.79. The number of rotatable bonds is 6. The lowest BCUT2D eigenvalue weighted by Gasteiger charge is -2.07. The van der Waals surface area contributed by atoms with Crippen LogP contribution >= 0.6 is 11.8 Å². The molecular weight excluding hydrogens is 360 g/mol. The molecule has 0 spiro atoms. The molecule has 2 aromatic heterocycles. The summed E-state index contributed by atoms with van der Waals surface area (Å²) in [6.45, 7) is 0. The zero-order valence-electron chi connectivity index (χ0n) is 14.6. The van der Waals surface area contributed by atoms with Crippen molar-refractivity contribution in [1.29, 1.82) is 0 Å². The summed E-state index contributed by atoms with van der Waals surface area (Å²) in [5.41, 5.74) is 1.01. The van der Waals surface area contributed by atoms with E-state index < -0.39 is 0 Å². The third-order valence-corrected chi connectivity index (χ3v) is 5.53. The maximum atomic E-state index is 12.3. The third kappa shape index (κ3) is 3.57. The van der Waals surface area contributed by atoms with Gasteiger partial charge in [0.05, 0.1) is 0 Å². The van der Waals surface area contributed by atoms with E-state index in [9.17, 15) is 4.79 Å². The van der Waals surface area contributed by atoms with Crippen molar-refractivity contribution in [3.05, 3.63) is 54.0 Å². The summed E-state index contributed by atoms with van der Waals surface area (Å²) in [6.07, 6.45) is 4.80. The van der Waals surface area contributed by atoms with Gasteiger partial charge in [-0.05, 0) is 61.7 Å². The Labute approximate surface area is 160 Å². The van der Waals surface area contributed by atoms with Gasteiger partial charge in [-0.3, -0.25) is 4.79 Å². The lowest BCUT2D eigenvalue weighted by atomic mass is 10.3. The molecule has 3 aromatic rings. The van der Waals surface area contributed by atoms with E-state index in [0.717, 1.165) is 16.7 Å². The molecule has 0 saturated heterocycles. The van der Waals surface area contributed by atoms with Gasteiger partial charge in [0.1, 0.15) is 10.9 Å². The average molecular weight is 378 g/mol. The fraction of sp³-hybridized carbons (Fsp3) is 0.316. The number of nitrogens with one attached hydrogen (secondary N) is 1. The summed E-state index contributed by atoms with van der Waals surface area (Å²) in [6, 6.07) is 13.3. The largest absolute Gasteiger partial charge is 0.321 e. The molecule has 2 saturated carbocycles. The van der Waals surface area contributed by atoms with Crippen LogP contribution < -0.4 is 5.32 Å². The van der Waals surface area contributed by atoms with Crippen molar-refractivity contribution in [2.45, 2.75) is 47.8 Å². The van der Waals surface area contributed by atoms with Gasteiger partial charge in [0.15, 0.2) is 10.9 Å². The van der Waals surface area contributed by atoms with Crippen molar-refractivity contribution >= 4 is 23.4 Å². The van der Waals surface area contributed by atoms with Crippen molar-refractivity contribution in [1.82, 2.24) is 25.0 Å². The predicted octanol–water partition coefficient (Wildman–Crippen LogP) is 3.68. The Hall–Kier alpha value is -2.74. The summed E-state index contributed by atoms with van der Waals surface area (Å²) in [7, 11) is 0. The molecule has 2 aliphatic carbocycles. The molecule has 0 unspecified atom stereocenters. The number of carbonyl (C=O) groups excluding carboxylic acids is 1. The first-order valence-electron chi connectivity index (χ1n) is 9.11. The number of benzene rings is 1. The first-order chi connectivity index (χ1) is 13.3. The highest BCUT2D eigenvalue weighted by molar-refractivity contribution is 7.99. The van der Waals surface area contributed by atoms with Crippen LogP contribution in [0.2, 0.25) is 0 Å². The normalized spacial score (nSPS) is 16.3. The van der Waals surface area contributed by atoms with Gasteiger partial charge < -0.3 is 9.88 Å². The Morgan fingerprint density at radius 1 is 0.963 bits per heavy atom. The Bertz CT molecular complexity index is 964. The monoisotopic (exact) mass is 378 g/mol. The van der Waals surface area contributed by atoms with E-state index >= 15 is 0 Å². The van der Waals surface area contributed by atoms with E-state index in [4.69, 9.17) is 0 Å². The smallest absolute Gasteiger partial charge is 0.276 e. The van der Waals surface area contributed by atoms with Crippen LogP contribution in [0.5, 0.6) is 0 Å². The highest BCUT2D eigenvalue weighted by atomic mass is 32.2. The Balaban J connectivity index is 1.30. The van der Waals surface area contributed by atoms with Crippen LogP contribution in [0.15, 0.2) is 52.6 Å². The zero-order valence-corrected chi connectivity index (χ0v) is 15.4. The molecule has 2 fully saturated rings. The second kappa shape index (κ2) is 6.77. The van der Waals surface area contributed by atoms with Crippen LogP contribution in [-0.4, -0.2) is 30.9 Å². The van der Waals surface area contributed by atoms with E-state index in [1.807, 2.05) is 30.3 Å². The SMILES string of the molecule is O=C(Nc1ccccc1)c1ccc(Sc2nnc(C3CC3)n2C2CC2)nn1. The predicted molar refractivity (Wildman–Crippen MR) is 101 cm³/mol. The maximum absolute atomic E-state index is 12.3. The summed E-state index contributed by atoms with van der Waals surface area (Å²) in [5.74, 6) is 1.41. The van der Waals surface area contributed by atoms with E-state index in [0.29, 0.717) is 17.0 Å². The quantitative estimate of drug-likeness (QED) is 0.704. The highest BCUT2D eigenvalue weighted by Crippen LogP contribution is 2.46.